The molecule has 2 aliphatic rings. The smallest absolute Gasteiger partial charge is 0.311 e. The van der Waals surface area contributed by atoms with E-state index in [9.17, 15) is 14.7 Å². The number of nitrogens with zero attached hydrogens (tertiary/aromatic N) is 1. The number of amides is 1. The number of hydrogen-bond donors (Lipinski definition) is 1. The van der Waals surface area contributed by atoms with E-state index in [0.717, 1.165) is 19.4 Å². The molecule has 2 fully saturated rings. The number of ether oxygens (including phenoxy) is 2. The molecule has 2 saturated heterocycles. The normalized spacial score (nSPS) is 26.4. The van der Waals surface area contributed by atoms with E-state index in [-0.39, 0.29) is 18.6 Å². The third-order valence-corrected chi connectivity index (χ3v) is 5.04. The first-order valence-electron chi connectivity index (χ1n) is 8.85. The number of piperidine rings is 1. The monoisotopic (exact) mass is 347 g/mol. The summed E-state index contributed by atoms with van der Waals surface area (Å²) in [6.45, 7) is 3.79. The van der Waals surface area contributed by atoms with Gasteiger partial charge >= 0.3 is 5.97 Å². The predicted molar refractivity (Wildman–Crippen MR) is 91.8 cm³/mol. The number of likely N-dealkylation sites (tertiary alicyclic amines) is 1. The summed E-state index contributed by atoms with van der Waals surface area (Å²) < 4.78 is 11.3. The molecule has 0 aliphatic carbocycles. The highest BCUT2D eigenvalue weighted by Gasteiger charge is 2.39. The van der Waals surface area contributed by atoms with Crippen molar-refractivity contribution in [2.45, 2.75) is 38.7 Å². The van der Waals surface area contributed by atoms with Gasteiger partial charge in [-0.15, -0.1) is 0 Å². The number of carboxylic acids is 1. The SMILES string of the molecule is CC1(C(=O)O)CCCN(C(=O)c2cccc(OCC3CCCO3)c2)C1. The van der Waals surface area contributed by atoms with Gasteiger partial charge in [-0.25, -0.2) is 0 Å². The Kier molecular flexibility index (Phi) is 5.27. The van der Waals surface area contributed by atoms with Gasteiger partial charge in [-0.3, -0.25) is 9.59 Å². The zero-order valence-electron chi connectivity index (χ0n) is 14.6. The van der Waals surface area contributed by atoms with Crippen molar-refractivity contribution in [3.05, 3.63) is 29.8 Å². The van der Waals surface area contributed by atoms with Crippen molar-refractivity contribution in [2.24, 2.45) is 5.41 Å². The molecule has 6 heteroatoms. The van der Waals surface area contributed by atoms with Crippen LogP contribution in [0.2, 0.25) is 0 Å². The molecule has 25 heavy (non-hydrogen) atoms. The standard InChI is InChI=1S/C19H25NO5/c1-19(18(22)23)8-4-9-20(13-19)17(21)14-5-2-6-15(11-14)25-12-16-7-3-10-24-16/h2,5-6,11,16H,3-4,7-10,12-13H2,1H3,(H,22,23). The second kappa shape index (κ2) is 7.44. The van der Waals surface area contributed by atoms with Crippen LogP contribution < -0.4 is 4.74 Å². The highest BCUT2D eigenvalue weighted by atomic mass is 16.5. The summed E-state index contributed by atoms with van der Waals surface area (Å²) in [4.78, 5) is 25.9. The third-order valence-electron chi connectivity index (χ3n) is 5.04. The molecule has 136 valence electrons. The number of benzene rings is 1. The predicted octanol–water partition coefficient (Wildman–Crippen LogP) is 2.57. The first kappa shape index (κ1) is 17.7. The van der Waals surface area contributed by atoms with Crippen molar-refractivity contribution >= 4 is 11.9 Å². The number of aliphatic carboxylic acids is 1. The fourth-order valence-electron chi connectivity index (χ4n) is 3.45. The van der Waals surface area contributed by atoms with Gasteiger partial charge in [0.25, 0.3) is 5.91 Å². The van der Waals surface area contributed by atoms with Gasteiger partial charge in [0.05, 0.1) is 11.5 Å². The average Bonchev–Trinajstić information content (AvgIpc) is 3.13. The highest BCUT2D eigenvalue weighted by molar-refractivity contribution is 5.95. The summed E-state index contributed by atoms with van der Waals surface area (Å²) in [7, 11) is 0. The van der Waals surface area contributed by atoms with Gasteiger partial charge in [0.2, 0.25) is 0 Å². The third kappa shape index (κ3) is 4.12. The summed E-state index contributed by atoms with van der Waals surface area (Å²) in [6, 6.07) is 7.08. The molecule has 1 aromatic rings. The Morgan fingerprint density at radius 1 is 1.40 bits per heavy atom. The van der Waals surface area contributed by atoms with Gasteiger partial charge in [-0.2, -0.15) is 0 Å². The van der Waals surface area contributed by atoms with Gasteiger partial charge in [0.1, 0.15) is 12.4 Å². The number of rotatable bonds is 5. The van der Waals surface area contributed by atoms with E-state index in [2.05, 4.69) is 0 Å². The number of carboxylic acid groups (broad SMARTS) is 1. The maximum absolute atomic E-state index is 12.8. The number of hydrogen-bond acceptors (Lipinski definition) is 4. The van der Waals surface area contributed by atoms with Crippen LogP contribution in [0.25, 0.3) is 0 Å². The largest absolute Gasteiger partial charge is 0.491 e. The summed E-state index contributed by atoms with van der Waals surface area (Å²) in [5, 5.41) is 9.42. The Morgan fingerprint density at radius 2 is 2.24 bits per heavy atom. The Labute approximate surface area is 147 Å². The van der Waals surface area contributed by atoms with Crippen LogP contribution in [0.3, 0.4) is 0 Å². The molecule has 2 aliphatic heterocycles. The Bertz CT molecular complexity index is 640. The first-order valence-corrected chi connectivity index (χ1v) is 8.85. The molecule has 1 amide bonds. The molecule has 0 saturated carbocycles. The van der Waals surface area contributed by atoms with E-state index in [0.29, 0.717) is 37.3 Å². The molecule has 2 unspecified atom stereocenters. The zero-order valence-corrected chi connectivity index (χ0v) is 14.6. The molecule has 6 nitrogen and oxygen atoms in total. The van der Waals surface area contributed by atoms with Crippen LogP contribution in [0, 0.1) is 5.41 Å². The molecule has 0 spiro atoms. The first-order chi connectivity index (χ1) is 12.0. The number of carbonyl (C=O) groups excluding carboxylic acids is 1. The molecule has 0 aromatic heterocycles. The van der Waals surface area contributed by atoms with Crippen LogP contribution in [0.1, 0.15) is 43.0 Å². The summed E-state index contributed by atoms with van der Waals surface area (Å²) in [6.07, 6.45) is 3.47. The van der Waals surface area contributed by atoms with E-state index in [1.54, 1.807) is 30.0 Å². The van der Waals surface area contributed by atoms with E-state index < -0.39 is 11.4 Å². The lowest BCUT2D eigenvalue weighted by Crippen LogP contribution is -2.48. The fourth-order valence-corrected chi connectivity index (χ4v) is 3.45. The van der Waals surface area contributed by atoms with Crippen LogP contribution in [0.15, 0.2) is 24.3 Å². The van der Waals surface area contributed by atoms with Crippen molar-refractivity contribution in [1.29, 1.82) is 0 Å². The highest BCUT2D eigenvalue weighted by Crippen LogP contribution is 2.30. The van der Waals surface area contributed by atoms with Crippen LogP contribution in [0.5, 0.6) is 5.75 Å². The topological polar surface area (TPSA) is 76.1 Å². The van der Waals surface area contributed by atoms with Crippen molar-refractivity contribution in [2.75, 3.05) is 26.3 Å². The maximum atomic E-state index is 12.8. The molecule has 1 N–H and O–H groups in total. The van der Waals surface area contributed by atoms with Crippen molar-refractivity contribution in [3.63, 3.8) is 0 Å². The zero-order chi connectivity index (χ0) is 17.9. The van der Waals surface area contributed by atoms with E-state index in [4.69, 9.17) is 9.47 Å². The van der Waals surface area contributed by atoms with E-state index >= 15 is 0 Å². The molecule has 2 atom stereocenters. The van der Waals surface area contributed by atoms with Crippen LogP contribution in [0.4, 0.5) is 0 Å². The second-order valence-electron chi connectivity index (χ2n) is 7.17. The Hall–Kier alpha value is -2.08. The minimum Gasteiger partial charge on any atom is -0.491 e. The van der Waals surface area contributed by atoms with Crippen molar-refractivity contribution < 1.29 is 24.2 Å². The van der Waals surface area contributed by atoms with Gasteiger partial charge < -0.3 is 19.5 Å². The lowest BCUT2D eigenvalue weighted by Gasteiger charge is -2.37. The van der Waals surface area contributed by atoms with Crippen molar-refractivity contribution in [3.8, 4) is 5.75 Å². The molecule has 0 bridgehead atoms. The van der Waals surface area contributed by atoms with E-state index in [1.807, 2.05) is 6.07 Å². The van der Waals surface area contributed by atoms with Crippen LogP contribution >= 0.6 is 0 Å². The molecule has 0 radical (unpaired) electrons. The Balaban J connectivity index is 1.65. The minimum absolute atomic E-state index is 0.123. The lowest BCUT2D eigenvalue weighted by molar-refractivity contribution is -0.150. The molecule has 2 heterocycles. The van der Waals surface area contributed by atoms with Crippen LogP contribution in [-0.4, -0.2) is 54.3 Å². The lowest BCUT2D eigenvalue weighted by atomic mass is 9.82. The molecular weight excluding hydrogens is 322 g/mol. The minimum atomic E-state index is -0.873. The van der Waals surface area contributed by atoms with Gasteiger partial charge in [-0.05, 0) is 50.8 Å². The summed E-state index contributed by atoms with van der Waals surface area (Å²) in [5.74, 6) is -0.354. The van der Waals surface area contributed by atoms with Gasteiger partial charge in [0, 0.05) is 25.3 Å². The molecular formula is C19H25NO5. The second-order valence-corrected chi connectivity index (χ2v) is 7.17. The average molecular weight is 347 g/mol. The summed E-state index contributed by atoms with van der Waals surface area (Å²) >= 11 is 0. The van der Waals surface area contributed by atoms with E-state index in [1.165, 1.54) is 0 Å². The summed E-state index contributed by atoms with van der Waals surface area (Å²) in [5.41, 5.74) is -0.346. The molecule has 1 aromatic carbocycles. The number of carbonyl (C=O) groups is 2. The van der Waals surface area contributed by atoms with Gasteiger partial charge in [-0.1, -0.05) is 6.07 Å². The molecule has 3 rings (SSSR count). The van der Waals surface area contributed by atoms with Crippen LogP contribution in [-0.2, 0) is 9.53 Å². The quantitative estimate of drug-likeness (QED) is 0.886. The fraction of sp³-hybridized carbons (Fsp3) is 0.579. The maximum Gasteiger partial charge on any atom is 0.311 e. The Morgan fingerprint density at radius 3 is 2.96 bits per heavy atom. The van der Waals surface area contributed by atoms with Crippen molar-refractivity contribution in [1.82, 2.24) is 4.90 Å². The van der Waals surface area contributed by atoms with Gasteiger partial charge in [0.15, 0.2) is 0 Å².